The second kappa shape index (κ2) is 6.17. The van der Waals surface area contributed by atoms with Crippen molar-refractivity contribution < 1.29 is 9.53 Å². The van der Waals surface area contributed by atoms with E-state index in [1.54, 1.807) is 0 Å². The second-order valence-corrected chi connectivity index (χ2v) is 4.92. The average Bonchev–Trinajstić information content (AvgIpc) is 2.86. The molecule has 1 saturated heterocycles. The number of benzene rings is 1. The molecule has 0 spiro atoms. The summed E-state index contributed by atoms with van der Waals surface area (Å²) in [5, 5.41) is 0. The maximum Gasteiger partial charge on any atom is 0.232 e. The first-order valence-electron chi connectivity index (χ1n) is 6.89. The molecule has 2 rings (SSSR count). The van der Waals surface area contributed by atoms with Gasteiger partial charge in [-0.15, -0.1) is 0 Å². The maximum absolute atomic E-state index is 12.6. The van der Waals surface area contributed by atoms with Crippen LogP contribution in [0, 0.1) is 5.92 Å². The van der Waals surface area contributed by atoms with Gasteiger partial charge in [-0.3, -0.25) is 4.79 Å². The predicted molar refractivity (Wildman–Crippen MR) is 75.9 cm³/mol. The molecule has 1 amide bonds. The lowest BCUT2D eigenvalue weighted by molar-refractivity contribution is -0.123. The quantitative estimate of drug-likeness (QED) is 0.902. The number of nitrogens with zero attached hydrogens (tertiary/aromatic N) is 1. The summed E-state index contributed by atoms with van der Waals surface area (Å²) in [6.45, 7) is 5.84. The number of nitrogens with two attached hydrogens (primary N) is 1. The SMILES string of the molecule is CCN(C(=O)C1CCOC1C)c1ccc(CN)cc1. The molecule has 1 aromatic rings. The molecule has 19 heavy (non-hydrogen) atoms. The van der Waals surface area contributed by atoms with Crippen LogP contribution in [0.4, 0.5) is 5.69 Å². The lowest BCUT2D eigenvalue weighted by Crippen LogP contribution is -2.38. The van der Waals surface area contributed by atoms with Crippen LogP contribution in [0.2, 0.25) is 0 Å². The van der Waals surface area contributed by atoms with Gasteiger partial charge in [0.05, 0.1) is 12.0 Å². The Morgan fingerprint density at radius 2 is 2.11 bits per heavy atom. The molecule has 1 aromatic carbocycles. The minimum atomic E-state index is -0.0193. The predicted octanol–water partition coefficient (Wildman–Crippen LogP) is 1.92. The molecule has 0 aromatic heterocycles. The van der Waals surface area contributed by atoms with E-state index in [1.165, 1.54) is 0 Å². The highest BCUT2D eigenvalue weighted by Crippen LogP contribution is 2.25. The van der Waals surface area contributed by atoms with Crippen LogP contribution in [-0.2, 0) is 16.1 Å². The van der Waals surface area contributed by atoms with Crippen molar-refractivity contribution in [3.63, 3.8) is 0 Å². The van der Waals surface area contributed by atoms with Gasteiger partial charge in [0.1, 0.15) is 0 Å². The van der Waals surface area contributed by atoms with Crippen LogP contribution in [0.25, 0.3) is 0 Å². The van der Waals surface area contributed by atoms with Gasteiger partial charge in [0.15, 0.2) is 0 Å². The van der Waals surface area contributed by atoms with Gasteiger partial charge >= 0.3 is 0 Å². The van der Waals surface area contributed by atoms with Crippen molar-refractivity contribution in [2.24, 2.45) is 11.7 Å². The smallest absolute Gasteiger partial charge is 0.232 e. The normalized spacial score (nSPS) is 22.5. The maximum atomic E-state index is 12.6. The zero-order valence-electron chi connectivity index (χ0n) is 11.6. The molecule has 0 radical (unpaired) electrons. The first-order valence-corrected chi connectivity index (χ1v) is 6.89. The molecule has 1 aliphatic rings. The van der Waals surface area contributed by atoms with Gasteiger partial charge in [-0.1, -0.05) is 12.1 Å². The highest BCUT2D eigenvalue weighted by atomic mass is 16.5. The Kier molecular flexibility index (Phi) is 4.56. The molecule has 104 valence electrons. The van der Waals surface area contributed by atoms with Gasteiger partial charge in [0.2, 0.25) is 5.91 Å². The fourth-order valence-electron chi connectivity index (χ4n) is 2.53. The zero-order valence-corrected chi connectivity index (χ0v) is 11.6. The third kappa shape index (κ3) is 2.96. The number of rotatable bonds is 4. The average molecular weight is 262 g/mol. The Bertz CT molecular complexity index is 430. The van der Waals surface area contributed by atoms with Crippen LogP contribution in [0.1, 0.15) is 25.8 Å². The van der Waals surface area contributed by atoms with Gasteiger partial charge < -0.3 is 15.4 Å². The van der Waals surface area contributed by atoms with Crippen molar-refractivity contribution >= 4 is 11.6 Å². The first-order chi connectivity index (χ1) is 9.17. The van der Waals surface area contributed by atoms with E-state index >= 15 is 0 Å². The summed E-state index contributed by atoms with van der Waals surface area (Å²) in [7, 11) is 0. The molecule has 1 fully saturated rings. The second-order valence-electron chi connectivity index (χ2n) is 4.92. The number of hydrogen-bond donors (Lipinski definition) is 1. The Morgan fingerprint density at radius 3 is 2.58 bits per heavy atom. The Labute approximate surface area is 114 Å². The Morgan fingerprint density at radius 1 is 1.42 bits per heavy atom. The topological polar surface area (TPSA) is 55.6 Å². The molecule has 4 heteroatoms. The highest BCUT2D eigenvalue weighted by molar-refractivity contribution is 5.95. The summed E-state index contributed by atoms with van der Waals surface area (Å²) in [6.07, 6.45) is 0.835. The zero-order chi connectivity index (χ0) is 13.8. The van der Waals surface area contributed by atoms with Crippen molar-refractivity contribution in [1.82, 2.24) is 0 Å². The molecule has 0 aliphatic carbocycles. The van der Waals surface area contributed by atoms with Crippen molar-refractivity contribution in [3.05, 3.63) is 29.8 Å². The van der Waals surface area contributed by atoms with E-state index in [0.29, 0.717) is 19.7 Å². The summed E-state index contributed by atoms with van der Waals surface area (Å²) < 4.78 is 5.49. The van der Waals surface area contributed by atoms with Crippen LogP contribution in [-0.4, -0.2) is 25.2 Å². The molecule has 1 heterocycles. The molecule has 2 N–H and O–H groups in total. The molecule has 2 unspecified atom stereocenters. The number of carbonyl (C=O) groups is 1. The summed E-state index contributed by atoms with van der Waals surface area (Å²) in [4.78, 5) is 14.4. The minimum Gasteiger partial charge on any atom is -0.378 e. The fourth-order valence-corrected chi connectivity index (χ4v) is 2.53. The molecule has 4 nitrogen and oxygen atoms in total. The van der Waals surface area contributed by atoms with Crippen LogP contribution >= 0.6 is 0 Å². The number of ether oxygens (including phenoxy) is 1. The molecule has 2 atom stereocenters. The Balaban J connectivity index is 2.16. The van der Waals surface area contributed by atoms with Crippen molar-refractivity contribution in [2.45, 2.75) is 32.9 Å². The monoisotopic (exact) mass is 262 g/mol. The highest BCUT2D eigenvalue weighted by Gasteiger charge is 2.33. The van der Waals surface area contributed by atoms with E-state index in [2.05, 4.69) is 0 Å². The van der Waals surface area contributed by atoms with Gasteiger partial charge in [-0.25, -0.2) is 0 Å². The van der Waals surface area contributed by atoms with Crippen molar-refractivity contribution in [3.8, 4) is 0 Å². The van der Waals surface area contributed by atoms with Gasteiger partial charge in [0.25, 0.3) is 0 Å². The van der Waals surface area contributed by atoms with E-state index in [0.717, 1.165) is 17.7 Å². The standard InChI is InChI=1S/C15H22N2O2/c1-3-17(13-6-4-12(10-16)5-7-13)15(18)14-8-9-19-11(14)2/h4-7,11,14H,3,8-10,16H2,1-2H3. The lowest BCUT2D eigenvalue weighted by Gasteiger charge is -2.25. The van der Waals surface area contributed by atoms with Gasteiger partial charge in [-0.2, -0.15) is 0 Å². The van der Waals surface area contributed by atoms with Crippen LogP contribution < -0.4 is 10.6 Å². The molecular weight excluding hydrogens is 240 g/mol. The summed E-state index contributed by atoms with van der Waals surface area (Å²) >= 11 is 0. The largest absolute Gasteiger partial charge is 0.378 e. The summed E-state index contributed by atoms with van der Waals surface area (Å²) in [6, 6.07) is 7.87. The van der Waals surface area contributed by atoms with Crippen LogP contribution in [0.5, 0.6) is 0 Å². The van der Waals surface area contributed by atoms with E-state index in [-0.39, 0.29) is 17.9 Å². The molecule has 0 bridgehead atoms. The van der Waals surface area contributed by atoms with E-state index in [9.17, 15) is 4.79 Å². The molecular formula is C15H22N2O2. The van der Waals surface area contributed by atoms with Gasteiger partial charge in [-0.05, 0) is 38.0 Å². The molecule has 0 saturated carbocycles. The fraction of sp³-hybridized carbons (Fsp3) is 0.533. The van der Waals surface area contributed by atoms with Crippen LogP contribution in [0.15, 0.2) is 24.3 Å². The van der Waals surface area contributed by atoms with Crippen molar-refractivity contribution in [2.75, 3.05) is 18.1 Å². The Hall–Kier alpha value is -1.39. The van der Waals surface area contributed by atoms with E-state index in [1.807, 2.05) is 43.0 Å². The first kappa shape index (κ1) is 14.0. The van der Waals surface area contributed by atoms with Crippen LogP contribution in [0.3, 0.4) is 0 Å². The minimum absolute atomic E-state index is 0.0184. The van der Waals surface area contributed by atoms with Crippen molar-refractivity contribution in [1.29, 1.82) is 0 Å². The van der Waals surface area contributed by atoms with E-state index in [4.69, 9.17) is 10.5 Å². The van der Waals surface area contributed by atoms with E-state index < -0.39 is 0 Å². The summed E-state index contributed by atoms with van der Waals surface area (Å²) in [5.74, 6) is 0.141. The number of anilines is 1. The third-order valence-electron chi connectivity index (χ3n) is 3.76. The number of hydrogen-bond acceptors (Lipinski definition) is 3. The summed E-state index contributed by atoms with van der Waals surface area (Å²) in [5.41, 5.74) is 7.60. The molecule has 1 aliphatic heterocycles. The number of carbonyl (C=O) groups excluding carboxylic acids is 1. The third-order valence-corrected chi connectivity index (χ3v) is 3.76. The lowest BCUT2D eigenvalue weighted by atomic mass is 10.0. The van der Waals surface area contributed by atoms with Gasteiger partial charge in [0, 0.05) is 25.4 Å². The number of amides is 1.